The van der Waals surface area contributed by atoms with Crippen molar-refractivity contribution in [1.82, 2.24) is 19.7 Å². The van der Waals surface area contributed by atoms with Crippen molar-refractivity contribution in [2.24, 2.45) is 0 Å². The smallest absolute Gasteiger partial charge is 0.269 e. The van der Waals surface area contributed by atoms with E-state index in [-0.39, 0.29) is 23.2 Å². The van der Waals surface area contributed by atoms with E-state index >= 15 is 4.39 Å². The highest BCUT2D eigenvalue weighted by atomic mass is 32.2. The number of halogens is 3. The molecule has 37 heavy (non-hydrogen) atoms. The van der Waals surface area contributed by atoms with Crippen LogP contribution in [0.25, 0.3) is 22.5 Å². The topological polar surface area (TPSA) is 116 Å². The fourth-order valence-electron chi connectivity index (χ4n) is 3.64. The number of nitrogens with zero attached hydrogens (tertiary/aromatic N) is 5. The van der Waals surface area contributed by atoms with E-state index in [1.165, 1.54) is 31.5 Å². The van der Waals surface area contributed by atoms with E-state index in [9.17, 15) is 17.2 Å². The number of hydrogen-bond acceptors (Lipinski definition) is 7. The van der Waals surface area contributed by atoms with Crippen LogP contribution in [0.4, 0.5) is 24.8 Å². The van der Waals surface area contributed by atoms with Gasteiger partial charge >= 0.3 is 0 Å². The number of benzene rings is 2. The molecule has 0 aliphatic carbocycles. The molecule has 0 fully saturated rings. The third-order valence-corrected chi connectivity index (χ3v) is 7.17. The van der Waals surface area contributed by atoms with Gasteiger partial charge in [0.2, 0.25) is 5.95 Å². The molecule has 0 aliphatic rings. The molecule has 9 nitrogen and oxygen atoms in total. The zero-order valence-corrected chi connectivity index (χ0v) is 20.9. The van der Waals surface area contributed by atoms with Crippen LogP contribution in [-0.2, 0) is 14.8 Å². The summed E-state index contributed by atoms with van der Waals surface area (Å²) in [6.07, 6.45) is 3.11. The fourth-order valence-corrected chi connectivity index (χ4v) is 5.10. The largest absolute Gasteiger partial charge is 0.368 e. The van der Waals surface area contributed by atoms with Crippen molar-refractivity contribution in [3.05, 3.63) is 72.3 Å². The summed E-state index contributed by atoms with van der Waals surface area (Å²) in [5.41, 5.74) is 6.20. The van der Waals surface area contributed by atoms with Crippen molar-refractivity contribution < 1.29 is 26.3 Å². The summed E-state index contributed by atoms with van der Waals surface area (Å²) in [5, 5.41) is 4.51. The Bertz CT molecular complexity index is 1560. The summed E-state index contributed by atoms with van der Waals surface area (Å²) in [7, 11) is -3.59. The second-order valence-electron chi connectivity index (χ2n) is 8.25. The number of aromatic nitrogens is 4. The highest BCUT2D eigenvalue weighted by Crippen LogP contribution is 2.37. The van der Waals surface area contributed by atoms with Gasteiger partial charge in [0, 0.05) is 36.7 Å². The average Bonchev–Trinajstić information content (AvgIpc) is 3.30. The van der Waals surface area contributed by atoms with Crippen LogP contribution in [-0.4, -0.2) is 42.0 Å². The molecule has 2 N–H and O–H groups in total. The molecule has 2 aromatic carbocycles. The van der Waals surface area contributed by atoms with E-state index < -0.39 is 44.8 Å². The van der Waals surface area contributed by atoms with Gasteiger partial charge in [-0.15, -0.1) is 0 Å². The van der Waals surface area contributed by atoms with Gasteiger partial charge in [-0.2, -0.15) is 5.10 Å². The van der Waals surface area contributed by atoms with Crippen molar-refractivity contribution in [2.45, 2.75) is 24.8 Å². The maximum absolute atomic E-state index is 16.1. The predicted molar refractivity (Wildman–Crippen MR) is 131 cm³/mol. The Morgan fingerprint density at radius 2 is 1.86 bits per heavy atom. The second-order valence-corrected chi connectivity index (χ2v) is 10.1. The molecule has 0 spiro atoms. The van der Waals surface area contributed by atoms with E-state index in [2.05, 4.69) is 15.1 Å². The van der Waals surface area contributed by atoms with Crippen molar-refractivity contribution in [3.8, 4) is 22.5 Å². The molecular weight excluding hydrogens is 509 g/mol. The molecule has 0 amide bonds. The number of nitrogen functional groups attached to an aromatic ring is 1. The first kappa shape index (κ1) is 26.1. The third kappa shape index (κ3) is 5.00. The Morgan fingerprint density at radius 1 is 1.11 bits per heavy atom. The molecular formula is C24H23F3N6O3S. The molecule has 2 aromatic heterocycles. The van der Waals surface area contributed by atoms with Gasteiger partial charge in [-0.05, 0) is 50.2 Å². The first-order valence-corrected chi connectivity index (χ1v) is 12.4. The van der Waals surface area contributed by atoms with Crippen LogP contribution >= 0.6 is 0 Å². The van der Waals surface area contributed by atoms with E-state index in [1.807, 2.05) is 13.8 Å². The summed E-state index contributed by atoms with van der Waals surface area (Å²) in [6, 6.07) is 7.49. The Labute approximate surface area is 211 Å². The molecule has 13 heteroatoms. The number of ether oxygens (including phenoxy) is 1. The van der Waals surface area contributed by atoms with Gasteiger partial charge in [0.25, 0.3) is 10.0 Å². The maximum atomic E-state index is 16.1. The predicted octanol–water partition coefficient (Wildman–Crippen LogP) is 4.39. The van der Waals surface area contributed by atoms with Crippen LogP contribution in [0, 0.1) is 17.5 Å². The number of hydrogen-bond donors (Lipinski definition) is 1. The minimum Gasteiger partial charge on any atom is -0.368 e. The Morgan fingerprint density at radius 3 is 2.54 bits per heavy atom. The SMILES string of the molecule is COCN(c1cccc(-c2nn(C(C)C)cc2-c2ccnc(N)n2)c1F)S(=O)(=O)c1cc(F)ccc1F. The highest BCUT2D eigenvalue weighted by molar-refractivity contribution is 7.92. The Hall–Kier alpha value is -3.97. The number of rotatable bonds is 8. The van der Waals surface area contributed by atoms with Crippen LogP contribution in [0.3, 0.4) is 0 Å². The van der Waals surface area contributed by atoms with Gasteiger partial charge in [0.05, 0.1) is 11.4 Å². The second kappa shape index (κ2) is 10.2. The van der Waals surface area contributed by atoms with Crippen LogP contribution in [0.1, 0.15) is 19.9 Å². The lowest BCUT2D eigenvalue weighted by Gasteiger charge is -2.25. The van der Waals surface area contributed by atoms with Gasteiger partial charge in [0.1, 0.15) is 29.0 Å². The van der Waals surface area contributed by atoms with Gasteiger partial charge in [-0.1, -0.05) is 6.07 Å². The van der Waals surface area contributed by atoms with Crippen LogP contribution in [0.15, 0.2) is 59.8 Å². The van der Waals surface area contributed by atoms with Crippen LogP contribution < -0.4 is 10.0 Å². The lowest BCUT2D eigenvalue weighted by molar-refractivity contribution is 0.209. The number of anilines is 2. The van der Waals surface area contributed by atoms with Gasteiger partial charge in [0.15, 0.2) is 5.82 Å². The van der Waals surface area contributed by atoms with E-state index in [4.69, 9.17) is 10.5 Å². The van der Waals surface area contributed by atoms with Crippen molar-refractivity contribution in [1.29, 1.82) is 0 Å². The van der Waals surface area contributed by atoms with Gasteiger partial charge in [-0.3, -0.25) is 4.68 Å². The minimum absolute atomic E-state index is 0.00412. The first-order chi connectivity index (χ1) is 17.5. The van der Waals surface area contributed by atoms with Crippen LogP contribution in [0.2, 0.25) is 0 Å². The summed E-state index contributed by atoms with van der Waals surface area (Å²) in [6.45, 7) is 3.08. The molecule has 0 radical (unpaired) electrons. The van der Waals surface area contributed by atoms with Gasteiger partial charge in [-0.25, -0.2) is 35.9 Å². The first-order valence-electron chi connectivity index (χ1n) is 11.0. The lowest BCUT2D eigenvalue weighted by Crippen LogP contribution is -2.34. The van der Waals surface area contributed by atoms with Crippen LogP contribution in [0.5, 0.6) is 0 Å². The fraction of sp³-hybridized carbons (Fsp3) is 0.208. The molecule has 0 saturated carbocycles. The maximum Gasteiger partial charge on any atom is 0.269 e. The average molecular weight is 533 g/mol. The Kier molecular flexibility index (Phi) is 7.18. The van der Waals surface area contributed by atoms with E-state index in [1.54, 1.807) is 16.9 Å². The summed E-state index contributed by atoms with van der Waals surface area (Å²) in [5.74, 6) is -3.14. The minimum atomic E-state index is -4.78. The standard InChI is InChI=1S/C24H23F3N6O3S/c1-14(2)32-12-17(19-9-10-29-24(28)30-19)23(31-32)16-5-4-6-20(22(16)27)33(13-36-3)37(34,35)21-11-15(25)7-8-18(21)26/h4-12,14H,13H2,1-3H3,(H2,28,29,30). The third-order valence-electron chi connectivity index (χ3n) is 5.42. The molecule has 194 valence electrons. The Balaban J connectivity index is 1.92. The van der Waals surface area contributed by atoms with Gasteiger partial charge < -0.3 is 10.5 Å². The molecule has 0 bridgehead atoms. The lowest BCUT2D eigenvalue weighted by atomic mass is 10.0. The molecule has 4 aromatic rings. The van der Waals surface area contributed by atoms with Crippen molar-refractivity contribution in [3.63, 3.8) is 0 Å². The molecule has 0 saturated heterocycles. The molecule has 4 rings (SSSR count). The van der Waals surface area contributed by atoms with E-state index in [0.717, 1.165) is 6.07 Å². The van der Waals surface area contributed by atoms with Crippen molar-refractivity contribution >= 4 is 21.7 Å². The summed E-state index contributed by atoms with van der Waals surface area (Å²) in [4.78, 5) is 7.12. The quantitative estimate of drug-likeness (QED) is 0.335. The number of sulfonamides is 1. The normalized spacial score (nSPS) is 11.8. The molecule has 0 atom stereocenters. The summed E-state index contributed by atoms with van der Waals surface area (Å²) < 4.78 is 78.1. The zero-order valence-electron chi connectivity index (χ0n) is 20.1. The summed E-state index contributed by atoms with van der Waals surface area (Å²) >= 11 is 0. The zero-order chi connectivity index (χ0) is 26.9. The molecule has 0 aliphatic heterocycles. The number of nitrogens with two attached hydrogens (primary N) is 1. The molecule has 0 unspecified atom stereocenters. The monoisotopic (exact) mass is 532 g/mol. The highest BCUT2D eigenvalue weighted by Gasteiger charge is 2.32. The molecule has 2 heterocycles. The van der Waals surface area contributed by atoms with Crippen molar-refractivity contribution in [2.75, 3.05) is 23.9 Å². The number of methoxy groups -OCH3 is 1. The van der Waals surface area contributed by atoms with E-state index in [0.29, 0.717) is 27.7 Å².